The predicted octanol–water partition coefficient (Wildman–Crippen LogP) is 4.13. The Morgan fingerprint density at radius 3 is 2.83 bits per heavy atom. The topological polar surface area (TPSA) is 114 Å². The zero-order valence-corrected chi connectivity index (χ0v) is 16.9. The highest BCUT2D eigenvalue weighted by Crippen LogP contribution is 2.24. The number of Topliss-reactive ketones (excluding diaryl/α,β-unsaturated/α-hetero) is 1. The lowest BCUT2D eigenvalue weighted by Crippen LogP contribution is -2.23. The third-order valence-electron chi connectivity index (χ3n) is 4.34. The minimum absolute atomic E-state index is 0.0725. The highest BCUT2D eigenvalue weighted by molar-refractivity contribution is 9.10. The van der Waals surface area contributed by atoms with Gasteiger partial charge in [-0.05, 0) is 45.4 Å². The molecule has 2 aromatic carbocycles. The Kier molecular flexibility index (Phi) is 5.68. The Bertz CT molecular complexity index is 1250. The Balaban J connectivity index is 1.55. The van der Waals surface area contributed by atoms with Crippen LogP contribution in [-0.4, -0.2) is 27.1 Å². The summed E-state index contributed by atoms with van der Waals surface area (Å²) in [6.07, 6.45) is 1.60. The van der Waals surface area contributed by atoms with E-state index in [9.17, 15) is 14.4 Å². The number of rotatable bonds is 6. The van der Waals surface area contributed by atoms with Crippen molar-refractivity contribution in [3.8, 4) is 0 Å². The van der Waals surface area contributed by atoms with Crippen molar-refractivity contribution in [2.24, 2.45) is 4.99 Å². The molecule has 0 amide bonds. The second kappa shape index (κ2) is 8.56. The molecule has 0 saturated carbocycles. The van der Waals surface area contributed by atoms with Crippen molar-refractivity contribution in [1.82, 2.24) is 15.8 Å². The summed E-state index contributed by atoms with van der Waals surface area (Å²) in [6.45, 7) is 0. The number of hydrogen-bond donors (Lipinski definition) is 2. The van der Waals surface area contributed by atoms with E-state index < -0.39 is 5.82 Å². The van der Waals surface area contributed by atoms with Gasteiger partial charge in [0, 0.05) is 17.4 Å². The van der Waals surface area contributed by atoms with Crippen molar-refractivity contribution in [3.05, 3.63) is 76.0 Å². The number of nitrogens with one attached hydrogen (secondary N) is 1. The van der Waals surface area contributed by atoms with Crippen molar-refractivity contribution >= 4 is 44.2 Å². The van der Waals surface area contributed by atoms with Crippen molar-refractivity contribution in [2.75, 3.05) is 0 Å². The van der Waals surface area contributed by atoms with E-state index in [1.165, 1.54) is 18.2 Å². The predicted molar refractivity (Wildman–Crippen MR) is 108 cm³/mol. The van der Waals surface area contributed by atoms with E-state index >= 15 is 0 Å². The molecule has 0 aliphatic rings. The molecule has 30 heavy (non-hydrogen) atoms. The molecule has 0 radical (unpaired) electrons. The molecule has 152 valence electrons. The van der Waals surface area contributed by atoms with Gasteiger partial charge in [0.15, 0.2) is 11.5 Å². The standard InChI is InChI=1S/C20H14BrFN4O4/c21-15-8-12(5-6-16(15)22)23-20(24-28)19-17(25-30-26-19)9-13(27)7-11-10-29-18-4-2-1-3-14(11)18/h1-6,8,10,28H,7,9H2,(H,23,24). The van der Waals surface area contributed by atoms with Gasteiger partial charge >= 0.3 is 0 Å². The molecule has 0 fully saturated rings. The van der Waals surface area contributed by atoms with Crippen LogP contribution in [0, 0.1) is 5.82 Å². The van der Waals surface area contributed by atoms with E-state index in [0.717, 1.165) is 10.9 Å². The lowest BCUT2D eigenvalue weighted by molar-refractivity contribution is -0.117. The molecule has 0 atom stereocenters. The van der Waals surface area contributed by atoms with Gasteiger partial charge in [-0.25, -0.2) is 14.0 Å². The molecule has 0 bridgehead atoms. The highest BCUT2D eigenvalue weighted by atomic mass is 79.9. The molecule has 8 nitrogen and oxygen atoms in total. The number of amidine groups is 1. The number of aromatic nitrogens is 2. The van der Waals surface area contributed by atoms with Crippen molar-refractivity contribution in [3.63, 3.8) is 0 Å². The van der Waals surface area contributed by atoms with Gasteiger partial charge in [-0.3, -0.25) is 15.5 Å². The van der Waals surface area contributed by atoms with Gasteiger partial charge in [-0.15, -0.1) is 0 Å². The summed E-state index contributed by atoms with van der Waals surface area (Å²) in [5.41, 5.74) is 4.00. The monoisotopic (exact) mass is 472 g/mol. The Morgan fingerprint density at radius 2 is 2.03 bits per heavy atom. The van der Waals surface area contributed by atoms with Crippen LogP contribution in [-0.2, 0) is 17.6 Å². The number of carbonyl (C=O) groups is 1. The normalized spacial score (nSPS) is 11.8. The number of furan rings is 1. The van der Waals surface area contributed by atoms with E-state index in [2.05, 4.69) is 31.2 Å². The average molecular weight is 473 g/mol. The Hall–Kier alpha value is -3.37. The van der Waals surface area contributed by atoms with Crippen molar-refractivity contribution < 1.29 is 23.4 Å². The molecule has 2 aromatic heterocycles. The fourth-order valence-electron chi connectivity index (χ4n) is 2.95. The SMILES string of the molecule is O=C(Cc1nonc1C(=Nc1ccc(F)c(Br)c1)NO)Cc1coc2ccccc12. The quantitative estimate of drug-likeness (QED) is 0.246. The maximum absolute atomic E-state index is 13.4. The molecular formula is C20H14BrFN4O4. The second-order valence-electron chi connectivity index (χ2n) is 6.38. The number of aliphatic imine (C=N–C) groups is 1. The lowest BCUT2D eigenvalue weighted by atomic mass is 10.0. The molecule has 0 unspecified atom stereocenters. The summed E-state index contributed by atoms with van der Waals surface area (Å²) in [4.78, 5) is 16.8. The maximum atomic E-state index is 13.4. The number of fused-ring (bicyclic) bond motifs is 1. The van der Waals surface area contributed by atoms with Crippen LogP contribution in [0.2, 0.25) is 0 Å². The van der Waals surface area contributed by atoms with Crippen LogP contribution in [0.25, 0.3) is 11.0 Å². The average Bonchev–Trinajstić information content (AvgIpc) is 3.36. The van der Waals surface area contributed by atoms with Gasteiger partial charge < -0.3 is 4.42 Å². The first-order chi connectivity index (χ1) is 14.5. The molecule has 2 heterocycles. The summed E-state index contributed by atoms with van der Waals surface area (Å²) in [7, 11) is 0. The molecule has 4 aromatic rings. The zero-order chi connectivity index (χ0) is 21.1. The number of hydrogen-bond acceptors (Lipinski definition) is 7. The molecule has 0 spiro atoms. The fourth-order valence-corrected chi connectivity index (χ4v) is 3.32. The smallest absolute Gasteiger partial charge is 0.182 e. The van der Waals surface area contributed by atoms with Crippen LogP contribution in [0.15, 0.2) is 67.2 Å². The summed E-state index contributed by atoms with van der Waals surface area (Å²) in [5.74, 6) is -0.694. The number of ketones is 1. The molecule has 10 heteroatoms. The number of carbonyl (C=O) groups excluding carboxylic acids is 1. The second-order valence-corrected chi connectivity index (χ2v) is 7.23. The Morgan fingerprint density at radius 1 is 1.20 bits per heavy atom. The van der Waals surface area contributed by atoms with E-state index in [-0.39, 0.29) is 40.3 Å². The summed E-state index contributed by atoms with van der Waals surface area (Å²) < 4.78 is 23.8. The molecule has 2 N–H and O–H groups in total. The minimum Gasteiger partial charge on any atom is -0.464 e. The molecule has 4 rings (SSSR count). The largest absolute Gasteiger partial charge is 0.464 e. The minimum atomic E-state index is -0.450. The van der Waals surface area contributed by atoms with Crippen LogP contribution < -0.4 is 5.48 Å². The first-order valence-corrected chi connectivity index (χ1v) is 9.57. The van der Waals surface area contributed by atoms with Gasteiger partial charge in [-0.1, -0.05) is 23.4 Å². The van der Waals surface area contributed by atoms with Gasteiger partial charge in [0.1, 0.15) is 22.9 Å². The van der Waals surface area contributed by atoms with Gasteiger partial charge in [0.05, 0.1) is 22.8 Å². The lowest BCUT2D eigenvalue weighted by Gasteiger charge is -2.04. The number of hydroxylamine groups is 1. The third-order valence-corrected chi connectivity index (χ3v) is 4.95. The molecular weight excluding hydrogens is 459 g/mol. The van der Waals surface area contributed by atoms with E-state index in [0.29, 0.717) is 11.3 Å². The molecule has 0 aliphatic carbocycles. The number of para-hydroxylation sites is 1. The van der Waals surface area contributed by atoms with Gasteiger partial charge in [-0.2, -0.15) is 0 Å². The van der Waals surface area contributed by atoms with Crippen molar-refractivity contribution in [1.29, 1.82) is 0 Å². The fraction of sp³-hybridized carbons (Fsp3) is 0.100. The zero-order valence-electron chi connectivity index (χ0n) is 15.3. The van der Waals surface area contributed by atoms with Gasteiger partial charge in [0.2, 0.25) is 0 Å². The summed E-state index contributed by atoms with van der Waals surface area (Å²) in [5, 5.41) is 17.8. The van der Waals surface area contributed by atoms with Crippen LogP contribution in [0.1, 0.15) is 17.0 Å². The third kappa shape index (κ3) is 4.14. The summed E-state index contributed by atoms with van der Waals surface area (Å²) in [6, 6.07) is 11.5. The first-order valence-electron chi connectivity index (χ1n) is 8.77. The van der Waals surface area contributed by atoms with E-state index in [4.69, 9.17) is 9.05 Å². The number of halogens is 2. The van der Waals surface area contributed by atoms with Crippen molar-refractivity contribution in [2.45, 2.75) is 12.8 Å². The molecule has 0 saturated heterocycles. The molecule has 0 aliphatic heterocycles. The highest BCUT2D eigenvalue weighted by Gasteiger charge is 2.20. The number of nitrogens with zero attached hydrogens (tertiary/aromatic N) is 3. The summed E-state index contributed by atoms with van der Waals surface area (Å²) >= 11 is 3.07. The van der Waals surface area contributed by atoms with Gasteiger partial charge in [0.25, 0.3) is 0 Å². The van der Waals surface area contributed by atoms with Crippen LogP contribution in [0.5, 0.6) is 0 Å². The van der Waals surface area contributed by atoms with E-state index in [1.54, 1.807) is 6.26 Å². The number of benzene rings is 2. The van der Waals surface area contributed by atoms with Crippen LogP contribution in [0.4, 0.5) is 10.1 Å². The first kappa shape index (κ1) is 19.9. The Labute approximate surface area is 177 Å². The van der Waals surface area contributed by atoms with Crippen LogP contribution in [0.3, 0.4) is 0 Å². The van der Waals surface area contributed by atoms with Crippen LogP contribution >= 0.6 is 15.9 Å². The maximum Gasteiger partial charge on any atom is 0.182 e. The van der Waals surface area contributed by atoms with E-state index in [1.807, 2.05) is 29.7 Å².